The van der Waals surface area contributed by atoms with Crippen LogP contribution in [0.3, 0.4) is 0 Å². The molecule has 0 spiro atoms. The van der Waals surface area contributed by atoms with Crippen LogP contribution >= 0.6 is 0 Å². The minimum absolute atomic E-state index is 0. The van der Waals surface area contributed by atoms with Gasteiger partial charge in [0.25, 0.3) is 0 Å². The fraction of sp³-hybridized carbons (Fsp3) is 0.521. The van der Waals surface area contributed by atoms with Crippen LogP contribution < -0.4 is 0 Å². The summed E-state index contributed by atoms with van der Waals surface area (Å²) in [6, 6.07) is 16.9. The van der Waals surface area contributed by atoms with Gasteiger partial charge in [-0.2, -0.15) is 0 Å². The SMILES string of the molecule is CC(C)C(C(=O)/C=C(\O)C(C(C)C)C(C)C)C(C)C.Cc1cc2[c-]c(-c3ncnc4c3oc3cc(CC(C)(C)C)ccc34)cc(C(C)(C)C)c2cc1C.[Ir]. The van der Waals surface area contributed by atoms with E-state index in [2.05, 4.69) is 163 Å². The van der Waals surface area contributed by atoms with E-state index in [1.54, 1.807) is 6.33 Å². The summed E-state index contributed by atoms with van der Waals surface area (Å²) < 4.78 is 6.43. The molecule has 6 heteroatoms. The molecule has 0 amide bonds. The number of allylic oxidation sites excluding steroid dienone is 2. The van der Waals surface area contributed by atoms with Crippen LogP contribution in [0, 0.1) is 60.8 Å². The smallest absolute Gasteiger partial charge is 0.162 e. The van der Waals surface area contributed by atoms with E-state index in [1.807, 2.05) is 0 Å². The molecular weight excluding hydrogens is 845 g/mol. The fourth-order valence-corrected chi connectivity index (χ4v) is 8.04. The molecule has 0 bridgehead atoms. The van der Waals surface area contributed by atoms with Gasteiger partial charge in [0.05, 0.1) is 11.5 Å². The Morgan fingerprint density at radius 2 is 1.37 bits per heavy atom. The van der Waals surface area contributed by atoms with Crippen LogP contribution in [0.5, 0.6) is 0 Å². The van der Waals surface area contributed by atoms with Crippen LogP contribution in [0.2, 0.25) is 0 Å². The van der Waals surface area contributed by atoms with Gasteiger partial charge in [-0.25, -0.2) is 4.98 Å². The van der Waals surface area contributed by atoms with Crippen molar-refractivity contribution in [3.05, 3.63) is 82.9 Å². The number of hydrogen-bond acceptors (Lipinski definition) is 5. The summed E-state index contributed by atoms with van der Waals surface area (Å²) in [5, 5.41) is 13.7. The van der Waals surface area contributed by atoms with Gasteiger partial charge >= 0.3 is 0 Å². The predicted molar refractivity (Wildman–Crippen MR) is 224 cm³/mol. The van der Waals surface area contributed by atoms with Crippen LogP contribution in [0.1, 0.15) is 119 Å². The Kier molecular flexibility index (Phi) is 14.7. The third-order valence-corrected chi connectivity index (χ3v) is 10.4. The first kappa shape index (κ1) is 45.1. The maximum Gasteiger partial charge on any atom is 0.162 e. The number of ketones is 1. The van der Waals surface area contributed by atoms with Gasteiger partial charge < -0.3 is 9.52 Å². The molecule has 5 rings (SSSR count). The van der Waals surface area contributed by atoms with Crippen LogP contribution in [0.25, 0.3) is 44.1 Å². The summed E-state index contributed by atoms with van der Waals surface area (Å²) in [6.45, 7) is 34.5. The van der Waals surface area contributed by atoms with E-state index in [0.29, 0.717) is 23.7 Å². The number of aliphatic hydroxyl groups excluding tert-OH is 1. The zero-order valence-electron chi connectivity index (χ0n) is 35.8. The number of benzene rings is 3. The van der Waals surface area contributed by atoms with Crippen molar-refractivity contribution in [2.45, 2.75) is 123 Å². The molecule has 295 valence electrons. The molecule has 3 aromatic carbocycles. The fourth-order valence-electron chi connectivity index (χ4n) is 8.04. The molecule has 1 radical (unpaired) electrons. The van der Waals surface area contributed by atoms with Gasteiger partial charge in [0, 0.05) is 43.4 Å². The molecule has 0 aliphatic rings. The molecule has 1 N–H and O–H groups in total. The van der Waals surface area contributed by atoms with Crippen molar-refractivity contribution in [1.82, 2.24) is 9.97 Å². The number of aromatic nitrogens is 2. The van der Waals surface area contributed by atoms with Gasteiger partial charge in [0.1, 0.15) is 23.0 Å². The first-order chi connectivity index (χ1) is 24.5. The number of nitrogens with zero attached hydrogens (tertiary/aromatic N) is 2. The molecule has 0 saturated carbocycles. The van der Waals surface area contributed by atoms with Crippen molar-refractivity contribution in [2.75, 3.05) is 0 Å². The third-order valence-electron chi connectivity index (χ3n) is 10.4. The molecule has 2 heterocycles. The predicted octanol–water partition coefficient (Wildman–Crippen LogP) is 13.4. The van der Waals surface area contributed by atoms with Crippen molar-refractivity contribution in [2.24, 2.45) is 40.9 Å². The van der Waals surface area contributed by atoms with Crippen molar-refractivity contribution in [3.8, 4) is 11.3 Å². The zero-order chi connectivity index (χ0) is 39.7. The second-order valence-electron chi connectivity index (χ2n) is 18.9. The Morgan fingerprint density at radius 1 is 0.796 bits per heavy atom. The van der Waals surface area contributed by atoms with Crippen LogP contribution in [-0.4, -0.2) is 20.9 Å². The van der Waals surface area contributed by atoms with Crippen molar-refractivity contribution >= 4 is 38.6 Å². The Morgan fingerprint density at radius 3 is 1.91 bits per heavy atom. The van der Waals surface area contributed by atoms with Crippen molar-refractivity contribution in [1.29, 1.82) is 0 Å². The van der Waals surface area contributed by atoms with E-state index >= 15 is 0 Å². The second kappa shape index (κ2) is 17.6. The molecule has 0 saturated heterocycles. The monoisotopic (exact) mass is 910 g/mol. The third kappa shape index (κ3) is 10.5. The second-order valence-corrected chi connectivity index (χ2v) is 18.9. The van der Waals surface area contributed by atoms with E-state index in [1.165, 1.54) is 33.7 Å². The Labute approximate surface area is 339 Å². The van der Waals surface area contributed by atoms with E-state index in [9.17, 15) is 9.90 Å². The molecule has 0 aliphatic carbocycles. The normalized spacial score (nSPS) is 12.9. The Bertz CT molecular complexity index is 2090. The average Bonchev–Trinajstić information content (AvgIpc) is 3.37. The number of fused-ring (bicyclic) bond motifs is 4. The number of carbonyl (C=O) groups is 1. The van der Waals surface area contributed by atoms with Gasteiger partial charge in [-0.1, -0.05) is 131 Å². The van der Waals surface area contributed by atoms with Gasteiger partial charge in [0.15, 0.2) is 5.78 Å². The molecule has 5 aromatic rings. The molecule has 0 aliphatic heterocycles. The number of aliphatic hydroxyl groups is 1. The summed E-state index contributed by atoms with van der Waals surface area (Å²) in [5.74, 6) is 1.63. The van der Waals surface area contributed by atoms with Crippen LogP contribution in [-0.2, 0) is 36.7 Å². The first-order valence-electron chi connectivity index (χ1n) is 19.6. The number of rotatable bonds is 9. The molecule has 0 unspecified atom stereocenters. The number of aryl methyl sites for hydroxylation is 2. The number of carbonyl (C=O) groups excluding carboxylic acids is 1. The quantitative estimate of drug-likeness (QED) is 0.0906. The summed E-state index contributed by atoms with van der Waals surface area (Å²) in [5.41, 5.74) is 9.50. The van der Waals surface area contributed by atoms with Gasteiger partial charge in [-0.3, -0.25) is 9.78 Å². The molecule has 0 atom stereocenters. The Hall–Kier alpha value is -3.34. The maximum atomic E-state index is 12.3. The van der Waals surface area contributed by atoms with Crippen LogP contribution in [0.15, 0.2) is 59.0 Å². The topological polar surface area (TPSA) is 76.2 Å². The van der Waals surface area contributed by atoms with Crippen molar-refractivity contribution < 1.29 is 34.4 Å². The molecular formula is C48H65IrN2O3-. The van der Waals surface area contributed by atoms with E-state index in [4.69, 9.17) is 4.42 Å². The Balaban J connectivity index is 0.000000338. The summed E-state index contributed by atoms with van der Waals surface area (Å²) in [6.07, 6.45) is 4.12. The maximum absolute atomic E-state index is 12.3. The van der Waals surface area contributed by atoms with Crippen LogP contribution in [0.4, 0.5) is 0 Å². The first-order valence-corrected chi connectivity index (χ1v) is 19.6. The van der Waals surface area contributed by atoms with Gasteiger partial charge in [0.2, 0.25) is 0 Å². The van der Waals surface area contributed by atoms with E-state index in [0.717, 1.165) is 45.1 Å². The summed E-state index contributed by atoms with van der Waals surface area (Å²) in [7, 11) is 0. The van der Waals surface area contributed by atoms with E-state index in [-0.39, 0.29) is 54.3 Å². The van der Waals surface area contributed by atoms with Gasteiger partial charge in [-0.05, 0) is 72.5 Å². The number of furan rings is 1. The molecule has 0 fully saturated rings. The molecule has 54 heavy (non-hydrogen) atoms. The summed E-state index contributed by atoms with van der Waals surface area (Å²) >= 11 is 0. The molecule has 2 aromatic heterocycles. The summed E-state index contributed by atoms with van der Waals surface area (Å²) in [4.78, 5) is 21.6. The van der Waals surface area contributed by atoms with Crippen molar-refractivity contribution in [3.63, 3.8) is 0 Å². The zero-order valence-corrected chi connectivity index (χ0v) is 38.2. The minimum atomic E-state index is -0.0221. The van der Waals surface area contributed by atoms with E-state index < -0.39 is 0 Å². The molecule has 5 nitrogen and oxygen atoms in total. The average molecular weight is 910 g/mol. The van der Waals surface area contributed by atoms with Gasteiger partial charge in [-0.15, -0.1) is 29.1 Å². The largest absolute Gasteiger partial charge is 0.512 e. The standard InChI is InChI=1S/C31H33N2O.C17H32O2.Ir/c1-18-11-21-14-22(15-25(31(6,7)8)24(21)12-19(18)2)27-29-28(33-17-32-27)23-10-9-20(13-26(23)34-29)16-30(3,4)5;1-10(2)16(11(3)4)14(18)9-15(19)17(12(5)6)13(7)8;/h9-13,15,17H,16H2,1-8H3;9-13,16-18H,1-8H3;/q-1;;/b;14-9-;. The minimum Gasteiger partial charge on any atom is -0.512 e. The number of hydrogen-bond donors (Lipinski definition) is 1.